The average Bonchev–Trinajstić information content (AvgIpc) is 3.14. The van der Waals surface area contributed by atoms with Gasteiger partial charge in [0.2, 0.25) is 11.8 Å². The summed E-state index contributed by atoms with van der Waals surface area (Å²) in [6.45, 7) is 11.7. The number of carbonyl (C=O) groups excluding carboxylic acids is 2. The lowest BCUT2D eigenvalue weighted by atomic mass is 9.91. The lowest BCUT2D eigenvalue weighted by Gasteiger charge is -2.29. The summed E-state index contributed by atoms with van der Waals surface area (Å²) in [4.78, 5) is 33.3. The van der Waals surface area contributed by atoms with Crippen LogP contribution in [0.1, 0.15) is 73.1 Å². The monoisotopic (exact) mass is 547 g/mol. The van der Waals surface area contributed by atoms with Crippen molar-refractivity contribution in [3.63, 3.8) is 0 Å². The first-order valence-corrected chi connectivity index (χ1v) is 14.9. The van der Waals surface area contributed by atoms with Crippen LogP contribution in [-0.4, -0.2) is 78.2 Å². The predicted octanol–water partition coefficient (Wildman–Crippen LogP) is 4.32. The number of aliphatic hydroxyl groups excluding tert-OH is 1. The minimum absolute atomic E-state index is 0.0304. The molecule has 1 aliphatic rings. The van der Waals surface area contributed by atoms with Crippen molar-refractivity contribution in [2.45, 2.75) is 85.0 Å². The van der Waals surface area contributed by atoms with Crippen molar-refractivity contribution >= 4 is 38.4 Å². The third-order valence-electron chi connectivity index (χ3n) is 5.49. The zero-order valence-electron chi connectivity index (χ0n) is 22.7. The maximum atomic E-state index is 12.2. The molecule has 208 valence electrons. The van der Waals surface area contributed by atoms with Gasteiger partial charge in [-0.1, -0.05) is 37.6 Å². The van der Waals surface area contributed by atoms with E-state index in [9.17, 15) is 14.7 Å². The van der Waals surface area contributed by atoms with Crippen LogP contribution in [0.3, 0.4) is 0 Å². The molecule has 1 heterocycles. The number of carbonyl (C=O) groups is 2. The molecule has 0 radical (unpaired) electrons. The van der Waals surface area contributed by atoms with Crippen molar-refractivity contribution in [3.05, 3.63) is 12.2 Å². The Balaban J connectivity index is 2.15. The summed E-state index contributed by atoms with van der Waals surface area (Å²) >= 11 is 0. The van der Waals surface area contributed by atoms with Gasteiger partial charge in [0, 0.05) is 45.2 Å². The van der Waals surface area contributed by atoms with Gasteiger partial charge in [-0.2, -0.15) is 5.06 Å². The van der Waals surface area contributed by atoms with Crippen molar-refractivity contribution < 1.29 is 29.0 Å². The number of rotatable bonds is 18. The van der Waals surface area contributed by atoms with Gasteiger partial charge in [-0.05, 0) is 55.4 Å². The fourth-order valence-electron chi connectivity index (χ4n) is 3.16. The molecular weight excluding hydrogens is 502 g/mol. The van der Waals surface area contributed by atoms with E-state index in [2.05, 4.69) is 37.2 Å². The summed E-state index contributed by atoms with van der Waals surface area (Å²) in [7, 11) is 5.08. The van der Waals surface area contributed by atoms with Gasteiger partial charge >= 0.3 is 0 Å². The molecule has 11 heteroatoms. The Hall–Kier alpha value is -1.11. The molecule has 0 aliphatic carbocycles. The SMILES string of the molecule is CC/C=C\C(=NC)SSCCNC(=O)CCC(C)(C)OCCC(C)(C)COCON1C(=O)CCC1O. The predicted molar refractivity (Wildman–Crippen MR) is 148 cm³/mol. The summed E-state index contributed by atoms with van der Waals surface area (Å²) in [5.74, 6) is 0.610. The van der Waals surface area contributed by atoms with E-state index >= 15 is 0 Å². The number of amides is 2. The minimum atomic E-state index is -0.897. The molecule has 1 atom stereocenters. The highest BCUT2D eigenvalue weighted by Gasteiger charge is 2.30. The molecule has 1 aliphatic heterocycles. The largest absolute Gasteiger partial charge is 0.376 e. The van der Waals surface area contributed by atoms with Crippen LogP contribution in [0.2, 0.25) is 0 Å². The molecule has 0 spiro atoms. The maximum Gasteiger partial charge on any atom is 0.248 e. The topological polar surface area (TPSA) is 110 Å². The van der Waals surface area contributed by atoms with Crippen molar-refractivity contribution in [1.29, 1.82) is 0 Å². The van der Waals surface area contributed by atoms with E-state index in [-0.39, 0.29) is 30.4 Å². The molecule has 0 aromatic carbocycles. The van der Waals surface area contributed by atoms with Gasteiger partial charge in [-0.15, -0.1) is 0 Å². The van der Waals surface area contributed by atoms with E-state index in [1.165, 1.54) is 0 Å². The number of hydrogen-bond donors (Lipinski definition) is 2. The van der Waals surface area contributed by atoms with E-state index in [0.717, 1.165) is 28.7 Å². The normalized spacial score (nSPS) is 17.4. The summed E-state index contributed by atoms with van der Waals surface area (Å²) in [6.07, 6.45) is 6.66. The molecular formula is C25H45N3O6S2. The van der Waals surface area contributed by atoms with Crippen molar-refractivity contribution in [2.24, 2.45) is 10.4 Å². The lowest BCUT2D eigenvalue weighted by molar-refractivity contribution is -0.259. The number of hydrogen-bond acceptors (Lipinski definition) is 9. The summed E-state index contributed by atoms with van der Waals surface area (Å²) in [5, 5.41) is 14.6. The van der Waals surface area contributed by atoms with E-state index in [4.69, 9.17) is 14.3 Å². The third-order valence-corrected chi connectivity index (χ3v) is 7.84. The van der Waals surface area contributed by atoms with Crippen LogP contribution in [0.25, 0.3) is 0 Å². The molecule has 0 saturated carbocycles. The van der Waals surface area contributed by atoms with Crippen LogP contribution in [0.5, 0.6) is 0 Å². The third kappa shape index (κ3) is 14.6. The molecule has 1 saturated heterocycles. The number of aliphatic hydroxyl groups is 1. The van der Waals surface area contributed by atoms with E-state index in [1.54, 1.807) is 28.6 Å². The first kappa shape index (κ1) is 32.9. The first-order chi connectivity index (χ1) is 17.0. The smallest absolute Gasteiger partial charge is 0.248 e. The highest BCUT2D eigenvalue weighted by molar-refractivity contribution is 8.82. The average molecular weight is 548 g/mol. The molecule has 36 heavy (non-hydrogen) atoms. The number of nitrogens with zero attached hydrogens (tertiary/aromatic N) is 2. The number of allylic oxidation sites excluding steroid dienone is 1. The molecule has 0 aromatic heterocycles. The molecule has 0 bridgehead atoms. The standard InChI is InChI=1S/C25H45N3O6S2/c1-7-8-9-21(26-6)36-35-17-15-27-20(29)12-13-25(4,5)33-16-14-24(2,3)18-32-19-34-28-22(30)10-11-23(28)31/h8-9,22,30H,7,10-19H2,1-6H3,(H,27,29)/b9-8-,26-21?. The van der Waals surface area contributed by atoms with Crippen molar-refractivity contribution in [3.8, 4) is 0 Å². The van der Waals surface area contributed by atoms with Crippen molar-refractivity contribution in [2.75, 3.05) is 39.4 Å². The molecule has 1 fully saturated rings. The highest BCUT2D eigenvalue weighted by Crippen LogP contribution is 2.25. The van der Waals surface area contributed by atoms with E-state index < -0.39 is 11.8 Å². The Bertz CT molecular complexity index is 731. The van der Waals surface area contributed by atoms with Crippen LogP contribution in [0, 0.1) is 5.41 Å². The Labute approximate surface area is 224 Å². The van der Waals surface area contributed by atoms with Crippen LogP contribution in [0.15, 0.2) is 17.1 Å². The van der Waals surface area contributed by atoms with Crippen LogP contribution in [0.4, 0.5) is 0 Å². The molecule has 2 amide bonds. The minimum Gasteiger partial charge on any atom is -0.376 e. The van der Waals surface area contributed by atoms with E-state index in [0.29, 0.717) is 39.0 Å². The van der Waals surface area contributed by atoms with Crippen molar-refractivity contribution in [1.82, 2.24) is 10.4 Å². The number of ether oxygens (including phenoxy) is 2. The molecule has 1 rings (SSSR count). The number of aliphatic imine (C=N–C) groups is 1. The zero-order valence-corrected chi connectivity index (χ0v) is 24.3. The van der Waals surface area contributed by atoms with Crippen LogP contribution < -0.4 is 5.32 Å². The summed E-state index contributed by atoms with van der Waals surface area (Å²) in [5.41, 5.74) is -0.568. The Morgan fingerprint density at radius 2 is 2.06 bits per heavy atom. The van der Waals surface area contributed by atoms with E-state index in [1.807, 2.05) is 19.9 Å². The highest BCUT2D eigenvalue weighted by atomic mass is 33.1. The fourth-order valence-corrected chi connectivity index (χ4v) is 5.03. The Kier molecular flexibility index (Phi) is 15.9. The fraction of sp³-hybridized carbons (Fsp3) is 0.800. The quantitative estimate of drug-likeness (QED) is 0.0859. The van der Waals surface area contributed by atoms with Gasteiger partial charge in [0.05, 0.1) is 12.2 Å². The first-order valence-electron chi connectivity index (χ1n) is 12.5. The number of nitrogens with one attached hydrogen (secondary N) is 1. The zero-order chi connectivity index (χ0) is 27.0. The van der Waals surface area contributed by atoms with Gasteiger partial charge in [-0.25, -0.2) is 4.84 Å². The van der Waals surface area contributed by atoms with Gasteiger partial charge in [0.15, 0.2) is 13.0 Å². The lowest BCUT2D eigenvalue weighted by Crippen LogP contribution is -2.34. The summed E-state index contributed by atoms with van der Waals surface area (Å²) < 4.78 is 11.6. The van der Waals surface area contributed by atoms with Gasteiger partial charge < -0.3 is 19.9 Å². The second-order valence-corrected chi connectivity index (χ2v) is 12.4. The molecule has 9 nitrogen and oxygen atoms in total. The second-order valence-electron chi connectivity index (χ2n) is 9.98. The van der Waals surface area contributed by atoms with Crippen LogP contribution >= 0.6 is 21.6 Å². The molecule has 1 unspecified atom stereocenters. The van der Waals surface area contributed by atoms with Gasteiger partial charge in [-0.3, -0.25) is 14.6 Å². The van der Waals surface area contributed by atoms with Gasteiger partial charge in [0.25, 0.3) is 0 Å². The molecule has 2 N–H and O–H groups in total. The maximum absolute atomic E-state index is 12.2. The second kappa shape index (κ2) is 17.4. The number of hydroxylamine groups is 2. The Morgan fingerprint density at radius 1 is 1.31 bits per heavy atom. The Morgan fingerprint density at radius 3 is 2.69 bits per heavy atom. The van der Waals surface area contributed by atoms with Gasteiger partial charge in [0.1, 0.15) is 5.04 Å². The van der Waals surface area contributed by atoms with Crippen LogP contribution in [-0.2, 0) is 23.9 Å². The summed E-state index contributed by atoms with van der Waals surface area (Å²) in [6, 6.07) is 0. The molecule has 0 aromatic rings.